The fourth-order valence-corrected chi connectivity index (χ4v) is 2.42. The van der Waals surface area contributed by atoms with Crippen molar-refractivity contribution in [2.75, 3.05) is 20.0 Å². The lowest BCUT2D eigenvalue weighted by atomic mass is 10.1. The Morgan fingerprint density at radius 3 is 1.82 bits per heavy atom. The van der Waals surface area contributed by atoms with Crippen LogP contribution in [-0.2, 0) is 9.53 Å². The average Bonchev–Trinajstić information content (AvgIpc) is 2.75. The molecule has 3 N–H and O–H groups in total. The van der Waals surface area contributed by atoms with Crippen LogP contribution in [0.15, 0.2) is 48.5 Å². The Balaban J connectivity index is 1.88. The highest BCUT2D eigenvalue weighted by Gasteiger charge is 2.10. The lowest BCUT2D eigenvalue weighted by molar-refractivity contribution is -0.142. The number of nitrogens with one attached hydrogen (secondary N) is 3. The highest BCUT2D eigenvalue weighted by Crippen LogP contribution is 2.13. The van der Waals surface area contributed by atoms with Crippen molar-refractivity contribution in [3.05, 3.63) is 65.2 Å². The lowest BCUT2D eigenvalue weighted by Crippen LogP contribution is -2.41. The zero-order chi connectivity index (χ0) is 20.5. The second-order valence-electron chi connectivity index (χ2n) is 5.41. The molecule has 0 heterocycles. The summed E-state index contributed by atoms with van der Waals surface area (Å²) >= 11 is 1.30. The molecule has 0 aliphatic rings. The molecule has 146 valence electrons. The van der Waals surface area contributed by atoms with Crippen molar-refractivity contribution in [1.29, 1.82) is 5.41 Å². The van der Waals surface area contributed by atoms with Crippen molar-refractivity contribution in [3.8, 4) is 5.75 Å². The van der Waals surface area contributed by atoms with Crippen molar-refractivity contribution in [2.24, 2.45) is 0 Å². The predicted octanol–water partition coefficient (Wildman–Crippen LogP) is 2.00. The first-order valence-corrected chi connectivity index (χ1v) is 9.30. The molecule has 0 saturated heterocycles. The maximum absolute atomic E-state index is 12.1. The molecule has 0 fully saturated rings. The van der Waals surface area contributed by atoms with Crippen molar-refractivity contribution in [3.63, 3.8) is 0 Å². The van der Waals surface area contributed by atoms with Crippen LogP contribution >= 0.6 is 11.8 Å². The molecule has 0 aliphatic heterocycles. The largest absolute Gasteiger partial charge is 0.482 e. The number of hydrogen-bond donors (Lipinski definition) is 3. The number of hydrazine groups is 1. The van der Waals surface area contributed by atoms with Gasteiger partial charge in [-0.3, -0.25) is 25.8 Å². The number of hydrogen-bond acceptors (Lipinski definition) is 7. The van der Waals surface area contributed by atoms with E-state index < -0.39 is 17.8 Å². The van der Waals surface area contributed by atoms with Gasteiger partial charge in [-0.05, 0) is 42.7 Å². The number of ether oxygens (including phenoxy) is 2. The van der Waals surface area contributed by atoms with Gasteiger partial charge in [-0.2, -0.15) is 0 Å². The van der Waals surface area contributed by atoms with Gasteiger partial charge in [0.1, 0.15) is 5.75 Å². The van der Waals surface area contributed by atoms with Gasteiger partial charge in [0, 0.05) is 16.7 Å². The minimum absolute atomic E-state index is 0.229. The maximum Gasteiger partial charge on any atom is 0.343 e. The number of methoxy groups -OCH3 is 1. The molecular formula is C19H19N3O5S. The molecule has 0 aromatic heterocycles. The van der Waals surface area contributed by atoms with E-state index in [0.29, 0.717) is 27.5 Å². The molecule has 0 spiro atoms. The summed E-state index contributed by atoms with van der Waals surface area (Å²) in [7, 11) is 1.26. The quantitative estimate of drug-likeness (QED) is 0.295. The van der Waals surface area contributed by atoms with Gasteiger partial charge in [-0.1, -0.05) is 12.1 Å². The van der Waals surface area contributed by atoms with Crippen LogP contribution in [0.5, 0.6) is 5.75 Å². The normalized spacial score (nSPS) is 9.93. The van der Waals surface area contributed by atoms with Crippen LogP contribution in [0.25, 0.3) is 0 Å². The number of carbonyl (C=O) groups excluding carboxylic acids is 3. The van der Waals surface area contributed by atoms with Crippen LogP contribution in [0.1, 0.15) is 26.3 Å². The summed E-state index contributed by atoms with van der Waals surface area (Å²) in [5.41, 5.74) is 6.02. The van der Waals surface area contributed by atoms with Crippen molar-refractivity contribution in [2.45, 2.75) is 0 Å². The monoisotopic (exact) mass is 401 g/mol. The van der Waals surface area contributed by atoms with E-state index >= 15 is 0 Å². The molecule has 2 aromatic carbocycles. The summed E-state index contributed by atoms with van der Waals surface area (Å²) in [5, 5.41) is 8.14. The van der Waals surface area contributed by atoms with Crippen LogP contribution < -0.4 is 15.6 Å². The van der Waals surface area contributed by atoms with E-state index in [1.54, 1.807) is 30.5 Å². The van der Waals surface area contributed by atoms with E-state index in [9.17, 15) is 14.4 Å². The molecule has 0 atom stereocenters. The maximum atomic E-state index is 12.1. The second kappa shape index (κ2) is 10.1. The fourth-order valence-electron chi connectivity index (χ4n) is 2.05. The van der Waals surface area contributed by atoms with Gasteiger partial charge in [0.25, 0.3) is 11.8 Å². The third kappa shape index (κ3) is 5.85. The molecule has 8 nitrogen and oxygen atoms in total. The van der Waals surface area contributed by atoms with E-state index in [4.69, 9.17) is 10.1 Å². The zero-order valence-corrected chi connectivity index (χ0v) is 16.1. The second-order valence-corrected chi connectivity index (χ2v) is 6.22. The predicted molar refractivity (Wildman–Crippen MR) is 106 cm³/mol. The van der Waals surface area contributed by atoms with Crippen LogP contribution in [0.3, 0.4) is 0 Å². The molecule has 0 saturated carbocycles. The van der Waals surface area contributed by atoms with Gasteiger partial charge in [0.2, 0.25) is 0 Å². The fraction of sp³-hybridized carbons (Fsp3) is 0.158. The molecule has 0 aliphatic carbocycles. The third-order valence-corrected chi connectivity index (χ3v) is 4.25. The standard InChI is InChI=1S/C19H19N3O5S/c1-26-16(23)11-27-15-9-7-14(8-10-15)19(25)22-21-18(24)13-5-3-12(4-6-13)17(20)28-2/h3-10,20H,11H2,1-2H3,(H,21,24)(H,22,25). The minimum Gasteiger partial charge on any atom is -0.482 e. The van der Waals surface area contributed by atoms with E-state index in [0.717, 1.165) is 0 Å². The number of benzene rings is 2. The number of thioether (sulfide) groups is 1. The highest BCUT2D eigenvalue weighted by atomic mass is 32.2. The zero-order valence-electron chi connectivity index (χ0n) is 15.3. The first kappa shape index (κ1) is 21.0. The van der Waals surface area contributed by atoms with Gasteiger partial charge in [0.05, 0.1) is 12.2 Å². The molecule has 2 amide bonds. The third-order valence-electron chi connectivity index (χ3n) is 3.60. The first-order chi connectivity index (χ1) is 13.4. The molecule has 9 heteroatoms. The summed E-state index contributed by atoms with van der Waals surface area (Å²) in [6, 6.07) is 12.5. The van der Waals surface area contributed by atoms with Crippen molar-refractivity contribution < 1.29 is 23.9 Å². The van der Waals surface area contributed by atoms with Crippen LogP contribution in [0, 0.1) is 5.41 Å². The molecule has 2 rings (SSSR count). The summed E-state index contributed by atoms with van der Waals surface area (Å²) < 4.78 is 9.66. The van der Waals surface area contributed by atoms with E-state index in [1.807, 2.05) is 0 Å². The summed E-state index contributed by atoms with van der Waals surface area (Å²) in [5.74, 6) is -1.09. The average molecular weight is 401 g/mol. The Bertz CT molecular complexity index is 866. The summed E-state index contributed by atoms with van der Waals surface area (Å²) in [6.45, 7) is -0.229. The van der Waals surface area contributed by atoms with E-state index in [1.165, 1.54) is 43.1 Å². The van der Waals surface area contributed by atoms with Gasteiger partial charge in [-0.25, -0.2) is 4.79 Å². The molecule has 0 unspecified atom stereocenters. The smallest absolute Gasteiger partial charge is 0.343 e. The van der Waals surface area contributed by atoms with Crippen LogP contribution in [0.4, 0.5) is 0 Å². The van der Waals surface area contributed by atoms with Crippen LogP contribution in [0.2, 0.25) is 0 Å². The number of amides is 2. The number of esters is 1. The summed E-state index contributed by atoms with van der Waals surface area (Å²) in [6.07, 6.45) is 1.80. The van der Waals surface area contributed by atoms with Crippen LogP contribution in [-0.4, -0.2) is 42.8 Å². The Kier molecular flexibility index (Phi) is 7.58. The van der Waals surface area contributed by atoms with Crippen molar-refractivity contribution in [1.82, 2.24) is 10.9 Å². The van der Waals surface area contributed by atoms with E-state index in [2.05, 4.69) is 15.6 Å². The SMILES string of the molecule is COC(=O)COc1ccc(C(=O)NNC(=O)c2ccc(C(=N)SC)cc2)cc1. The van der Waals surface area contributed by atoms with Gasteiger partial charge < -0.3 is 9.47 Å². The molecular weight excluding hydrogens is 382 g/mol. The van der Waals surface area contributed by atoms with Crippen molar-refractivity contribution >= 4 is 34.6 Å². The number of carbonyl (C=O) groups is 3. The Hall–Kier alpha value is -3.33. The lowest BCUT2D eigenvalue weighted by Gasteiger charge is -2.09. The van der Waals surface area contributed by atoms with Gasteiger partial charge >= 0.3 is 5.97 Å². The first-order valence-electron chi connectivity index (χ1n) is 8.08. The van der Waals surface area contributed by atoms with E-state index in [-0.39, 0.29) is 6.61 Å². The topological polar surface area (TPSA) is 118 Å². The summed E-state index contributed by atoms with van der Waals surface area (Å²) in [4.78, 5) is 35.3. The van der Waals surface area contributed by atoms with Gasteiger partial charge in [-0.15, -0.1) is 11.8 Å². The molecule has 0 radical (unpaired) electrons. The Labute approximate surface area is 166 Å². The number of rotatable bonds is 6. The Morgan fingerprint density at radius 2 is 1.36 bits per heavy atom. The van der Waals surface area contributed by atoms with Gasteiger partial charge in [0.15, 0.2) is 6.61 Å². The molecule has 0 bridgehead atoms. The molecule has 28 heavy (non-hydrogen) atoms. The minimum atomic E-state index is -0.511. The Morgan fingerprint density at radius 1 is 0.893 bits per heavy atom. The highest BCUT2D eigenvalue weighted by molar-refractivity contribution is 8.13. The molecule has 2 aromatic rings.